The van der Waals surface area contributed by atoms with E-state index < -0.39 is 0 Å². The molecule has 2 aromatic heterocycles. The number of furan rings is 1. The number of benzene rings is 9. The van der Waals surface area contributed by atoms with E-state index in [1.165, 1.54) is 49.5 Å². The van der Waals surface area contributed by atoms with Crippen molar-refractivity contribution in [2.45, 2.75) is 19.3 Å². The minimum absolute atomic E-state index is 0.150. The van der Waals surface area contributed by atoms with Gasteiger partial charge in [-0.3, -0.25) is 0 Å². The zero-order chi connectivity index (χ0) is 40.0. The molecule has 1 aliphatic rings. The van der Waals surface area contributed by atoms with Crippen molar-refractivity contribution in [1.82, 2.24) is 15.0 Å². The van der Waals surface area contributed by atoms with Crippen LogP contribution in [0.4, 0.5) is 0 Å². The Hall–Kier alpha value is -7.69. The summed E-state index contributed by atoms with van der Waals surface area (Å²) in [6, 6.07) is 66.8. The molecule has 0 spiro atoms. The van der Waals surface area contributed by atoms with Gasteiger partial charge in [0, 0.05) is 32.9 Å². The molecule has 282 valence electrons. The molecule has 0 atom stereocenters. The summed E-state index contributed by atoms with van der Waals surface area (Å²) in [7, 11) is 0. The number of aromatic nitrogens is 3. The van der Waals surface area contributed by atoms with Crippen molar-refractivity contribution >= 4 is 43.5 Å². The topological polar surface area (TPSA) is 51.8 Å². The standard InChI is InChI=1S/C56H37N3O/c1-56(2)48-19-8-7-16-45(48)46-29-27-40(32-49(46)56)54-57-53(39-26-21-34-11-3-4-13-38(34)31-39)58-55(59-54)41-28-30-47-51(33-41)60-50-20-10-18-44(52(47)50)37-24-22-36(23-25-37)43-17-9-14-35-12-5-6-15-42(35)43/h3-33H,1-2H3. The monoisotopic (exact) mass is 767 g/mol. The summed E-state index contributed by atoms with van der Waals surface area (Å²) in [5.74, 6) is 1.86. The highest BCUT2D eigenvalue weighted by Gasteiger charge is 2.35. The van der Waals surface area contributed by atoms with E-state index in [9.17, 15) is 0 Å². The van der Waals surface area contributed by atoms with E-state index in [0.717, 1.165) is 55.1 Å². The Balaban J connectivity index is 0.972. The molecule has 9 aromatic carbocycles. The van der Waals surface area contributed by atoms with Gasteiger partial charge in [-0.25, -0.2) is 15.0 Å². The third kappa shape index (κ3) is 5.41. The molecule has 0 aliphatic heterocycles. The Morgan fingerprint density at radius 1 is 0.350 bits per heavy atom. The number of rotatable bonds is 5. The van der Waals surface area contributed by atoms with E-state index in [1.54, 1.807) is 0 Å². The van der Waals surface area contributed by atoms with Crippen molar-refractivity contribution < 1.29 is 4.42 Å². The molecule has 1 aliphatic carbocycles. The van der Waals surface area contributed by atoms with Crippen LogP contribution >= 0.6 is 0 Å². The summed E-state index contributed by atoms with van der Waals surface area (Å²) in [6.45, 7) is 4.60. The number of nitrogens with zero attached hydrogens (tertiary/aromatic N) is 3. The molecule has 0 bridgehead atoms. The van der Waals surface area contributed by atoms with Crippen molar-refractivity contribution in [3.8, 4) is 67.5 Å². The molecule has 4 heteroatoms. The quantitative estimate of drug-likeness (QED) is 0.175. The predicted molar refractivity (Wildman–Crippen MR) is 247 cm³/mol. The fraction of sp³-hybridized carbons (Fsp3) is 0.0536. The van der Waals surface area contributed by atoms with E-state index in [2.05, 4.69) is 202 Å². The number of fused-ring (bicyclic) bond motifs is 8. The average molecular weight is 768 g/mol. The molecule has 0 fully saturated rings. The van der Waals surface area contributed by atoms with Crippen molar-refractivity contribution in [1.29, 1.82) is 0 Å². The van der Waals surface area contributed by atoms with Gasteiger partial charge < -0.3 is 4.42 Å². The minimum atomic E-state index is -0.150. The van der Waals surface area contributed by atoms with Crippen LogP contribution in [0.2, 0.25) is 0 Å². The summed E-state index contributed by atoms with van der Waals surface area (Å²) in [6.07, 6.45) is 0. The molecule has 0 saturated heterocycles. The van der Waals surface area contributed by atoms with Crippen LogP contribution in [0.25, 0.3) is 111 Å². The molecule has 12 rings (SSSR count). The molecule has 0 saturated carbocycles. The molecule has 11 aromatic rings. The lowest BCUT2D eigenvalue weighted by Gasteiger charge is -2.21. The Labute approximate surface area is 347 Å². The SMILES string of the molecule is CC1(C)c2ccccc2-c2ccc(-c3nc(-c4ccc5ccccc5c4)nc(-c4ccc5c(c4)oc4cccc(-c6ccc(-c7cccc8ccccc78)cc6)c45)n3)cc21. The summed E-state index contributed by atoms with van der Waals surface area (Å²) >= 11 is 0. The van der Waals surface area contributed by atoms with Crippen LogP contribution in [-0.2, 0) is 5.41 Å². The van der Waals surface area contributed by atoms with Crippen molar-refractivity contribution in [3.63, 3.8) is 0 Å². The third-order valence-electron chi connectivity index (χ3n) is 12.5. The lowest BCUT2D eigenvalue weighted by atomic mass is 9.82. The van der Waals surface area contributed by atoms with Crippen LogP contribution in [0.15, 0.2) is 192 Å². The second-order valence-electron chi connectivity index (χ2n) is 16.4. The van der Waals surface area contributed by atoms with E-state index in [1.807, 2.05) is 0 Å². The van der Waals surface area contributed by atoms with Gasteiger partial charge in [-0.1, -0.05) is 172 Å². The first kappa shape index (κ1) is 34.4. The average Bonchev–Trinajstić information content (AvgIpc) is 3.79. The van der Waals surface area contributed by atoms with E-state index >= 15 is 0 Å². The van der Waals surface area contributed by atoms with Gasteiger partial charge in [-0.05, 0) is 96.4 Å². The van der Waals surface area contributed by atoms with Crippen LogP contribution in [0, 0.1) is 0 Å². The van der Waals surface area contributed by atoms with E-state index in [4.69, 9.17) is 19.4 Å². The fourth-order valence-electron chi connectivity index (χ4n) is 9.45. The molecule has 60 heavy (non-hydrogen) atoms. The lowest BCUT2D eigenvalue weighted by molar-refractivity contribution is 0.660. The third-order valence-corrected chi connectivity index (χ3v) is 12.5. The lowest BCUT2D eigenvalue weighted by Crippen LogP contribution is -2.15. The van der Waals surface area contributed by atoms with Crippen LogP contribution < -0.4 is 0 Å². The van der Waals surface area contributed by atoms with E-state index in [0.29, 0.717) is 17.5 Å². The zero-order valence-corrected chi connectivity index (χ0v) is 33.1. The first-order valence-corrected chi connectivity index (χ1v) is 20.5. The van der Waals surface area contributed by atoms with Gasteiger partial charge in [-0.2, -0.15) is 0 Å². The van der Waals surface area contributed by atoms with Gasteiger partial charge in [0.2, 0.25) is 0 Å². The van der Waals surface area contributed by atoms with Gasteiger partial charge in [0.15, 0.2) is 17.5 Å². The summed E-state index contributed by atoms with van der Waals surface area (Å²) in [4.78, 5) is 15.5. The number of hydrogen-bond acceptors (Lipinski definition) is 4. The van der Waals surface area contributed by atoms with Gasteiger partial charge >= 0.3 is 0 Å². The highest BCUT2D eigenvalue weighted by molar-refractivity contribution is 6.13. The Bertz CT molecular complexity index is 3520. The van der Waals surface area contributed by atoms with E-state index in [-0.39, 0.29) is 5.41 Å². The molecule has 2 heterocycles. The first-order chi connectivity index (χ1) is 29.5. The van der Waals surface area contributed by atoms with Gasteiger partial charge in [0.1, 0.15) is 11.2 Å². The maximum atomic E-state index is 6.63. The molecule has 0 unspecified atom stereocenters. The second kappa shape index (κ2) is 13.2. The van der Waals surface area contributed by atoms with Crippen molar-refractivity contribution in [2.24, 2.45) is 0 Å². The minimum Gasteiger partial charge on any atom is -0.456 e. The van der Waals surface area contributed by atoms with Gasteiger partial charge in [0.05, 0.1) is 0 Å². The number of hydrogen-bond donors (Lipinski definition) is 0. The second-order valence-corrected chi connectivity index (χ2v) is 16.4. The largest absolute Gasteiger partial charge is 0.456 e. The van der Waals surface area contributed by atoms with Crippen LogP contribution in [-0.4, -0.2) is 15.0 Å². The van der Waals surface area contributed by atoms with Gasteiger partial charge in [0.25, 0.3) is 0 Å². The van der Waals surface area contributed by atoms with Crippen molar-refractivity contribution in [2.75, 3.05) is 0 Å². The van der Waals surface area contributed by atoms with Crippen LogP contribution in [0.3, 0.4) is 0 Å². The summed E-state index contributed by atoms with van der Waals surface area (Å²) in [5, 5.41) is 6.94. The fourth-order valence-corrected chi connectivity index (χ4v) is 9.45. The van der Waals surface area contributed by atoms with Gasteiger partial charge in [-0.15, -0.1) is 0 Å². The highest BCUT2D eigenvalue weighted by atomic mass is 16.3. The first-order valence-electron chi connectivity index (χ1n) is 20.5. The normalized spacial score (nSPS) is 13.0. The predicted octanol–water partition coefficient (Wildman–Crippen LogP) is 14.7. The Kier molecular flexibility index (Phi) is 7.54. The molecular formula is C56H37N3O. The van der Waals surface area contributed by atoms with Crippen LogP contribution in [0.1, 0.15) is 25.0 Å². The Morgan fingerprint density at radius 3 is 1.72 bits per heavy atom. The zero-order valence-electron chi connectivity index (χ0n) is 33.1. The Morgan fingerprint density at radius 2 is 0.900 bits per heavy atom. The van der Waals surface area contributed by atoms with Crippen molar-refractivity contribution in [3.05, 3.63) is 199 Å². The van der Waals surface area contributed by atoms with Crippen LogP contribution in [0.5, 0.6) is 0 Å². The smallest absolute Gasteiger partial charge is 0.164 e. The molecular weight excluding hydrogens is 731 g/mol. The highest BCUT2D eigenvalue weighted by Crippen LogP contribution is 2.49. The summed E-state index contributed by atoms with van der Waals surface area (Å²) < 4.78 is 6.63. The molecule has 0 radical (unpaired) electrons. The summed E-state index contributed by atoms with van der Waals surface area (Å²) in [5.41, 5.74) is 14.1. The maximum Gasteiger partial charge on any atom is 0.164 e. The molecule has 0 amide bonds. The molecule has 0 N–H and O–H groups in total. The maximum absolute atomic E-state index is 6.63. The molecule has 4 nitrogen and oxygen atoms in total.